The zero-order valence-corrected chi connectivity index (χ0v) is 9.91. The molecular formula is C13H14N2O3. The monoisotopic (exact) mass is 246 g/mol. The summed E-state index contributed by atoms with van der Waals surface area (Å²) in [6, 6.07) is 6.56. The van der Waals surface area contributed by atoms with Crippen molar-refractivity contribution in [1.29, 1.82) is 0 Å². The molecule has 1 amide bonds. The van der Waals surface area contributed by atoms with Gasteiger partial charge in [0.05, 0.1) is 4.92 Å². The van der Waals surface area contributed by atoms with Gasteiger partial charge in [-0.1, -0.05) is 0 Å². The average molecular weight is 246 g/mol. The number of carbonyl (C=O) groups excluding carboxylic acids is 1. The Morgan fingerprint density at radius 2 is 1.72 bits per heavy atom. The van der Waals surface area contributed by atoms with Gasteiger partial charge in [0.2, 0.25) is 5.91 Å². The first-order valence-corrected chi connectivity index (χ1v) is 6.24. The van der Waals surface area contributed by atoms with E-state index in [0.717, 1.165) is 31.4 Å². The summed E-state index contributed by atoms with van der Waals surface area (Å²) in [4.78, 5) is 24.2. The Morgan fingerprint density at radius 1 is 1.11 bits per heavy atom. The molecule has 0 N–H and O–H groups in total. The lowest BCUT2D eigenvalue weighted by Crippen LogP contribution is -2.52. The van der Waals surface area contributed by atoms with Crippen LogP contribution in [0.1, 0.15) is 25.7 Å². The van der Waals surface area contributed by atoms with Crippen LogP contribution in [0.3, 0.4) is 0 Å². The first-order valence-electron chi connectivity index (χ1n) is 6.24. The van der Waals surface area contributed by atoms with Crippen LogP contribution in [0.4, 0.5) is 11.4 Å². The van der Waals surface area contributed by atoms with Gasteiger partial charge in [0.15, 0.2) is 0 Å². The minimum Gasteiger partial charge on any atom is -0.309 e. The van der Waals surface area contributed by atoms with E-state index in [1.165, 1.54) is 12.1 Å². The van der Waals surface area contributed by atoms with E-state index >= 15 is 0 Å². The first kappa shape index (κ1) is 11.2. The quantitative estimate of drug-likeness (QED) is 0.595. The molecule has 0 atom stereocenters. The molecule has 0 unspecified atom stereocenters. The number of fused-ring (bicyclic) bond motifs is 3. The average Bonchev–Trinajstić information content (AvgIpc) is 2.40. The van der Waals surface area contributed by atoms with Gasteiger partial charge in [-0.3, -0.25) is 14.9 Å². The molecule has 1 saturated carbocycles. The lowest BCUT2D eigenvalue weighted by molar-refractivity contribution is -0.384. The Bertz CT molecular complexity index is 489. The molecule has 2 aliphatic heterocycles. The van der Waals surface area contributed by atoms with Crippen molar-refractivity contribution in [3.05, 3.63) is 34.4 Å². The summed E-state index contributed by atoms with van der Waals surface area (Å²) in [6.45, 7) is 0. The maximum absolute atomic E-state index is 12.2. The van der Waals surface area contributed by atoms with Gasteiger partial charge in [0, 0.05) is 29.8 Å². The third kappa shape index (κ3) is 1.66. The van der Waals surface area contributed by atoms with Crippen LogP contribution >= 0.6 is 0 Å². The number of non-ortho nitro benzene ring substituents is 1. The number of rotatable bonds is 2. The van der Waals surface area contributed by atoms with Gasteiger partial charge in [-0.15, -0.1) is 0 Å². The van der Waals surface area contributed by atoms with Crippen LogP contribution in [0.25, 0.3) is 0 Å². The van der Waals surface area contributed by atoms with E-state index in [1.807, 2.05) is 4.90 Å². The summed E-state index contributed by atoms with van der Waals surface area (Å²) < 4.78 is 0. The Labute approximate surface area is 105 Å². The summed E-state index contributed by atoms with van der Waals surface area (Å²) >= 11 is 0. The highest BCUT2D eigenvalue weighted by atomic mass is 16.6. The minimum atomic E-state index is -0.423. The number of nitro benzene ring substituents is 1. The lowest BCUT2D eigenvalue weighted by Gasteiger charge is -2.44. The Kier molecular flexibility index (Phi) is 2.54. The zero-order chi connectivity index (χ0) is 12.7. The maximum Gasteiger partial charge on any atom is 0.269 e. The molecule has 0 spiro atoms. The number of anilines is 1. The highest BCUT2D eigenvalue weighted by Gasteiger charge is 2.40. The van der Waals surface area contributed by atoms with Crippen molar-refractivity contribution >= 4 is 17.3 Å². The summed E-state index contributed by atoms with van der Waals surface area (Å²) in [5, 5.41) is 10.6. The number of amides is 1. The molecule has 1 aromatic rings. The fourth-order valence-electron chi connectivity index (χ4n) is 3.03. The minimum absolute atomic E-state index is 0.0633. The number of hydrogen-bond donors (Lipinski definition) is 0. The predicted molar refractivity (Wildman–Crippen MR) is 66.3 cm³/mol. The van der Waals surface area contributed by atoms with Crippen LogP contribution in [0.5, 0.6) is 0 Å². The first-order chi connectivity index (χ1) is 8.66. The molecule has 4 rings (SSSR count). The molecule has 1 aliphatic carbocycles. The second-order valence-electron chi connectivity index (χ2n) is 4.99. The van der Waals surface area contributed by atoms with Crippen LogP contribution in [0.15, 0.2) is 24.3 Å². The molecule has 2 bridgehead atoms. The number of carbonyl (C=O) groups is 1. The standard InChI is InChI=1S/C13H14N2O3/c16-13-9-1-3-10(4-2-9)14(13)11-5-7-12(8-6-11)15(17)18/h5-10H,1-4H2. The second-order valence-corrected chi connectivity index (χ2v) is 4.99. The van der Waals surface area contributed by atoms with Crippen molar-refractivity contribution < 1.29 is 9.72 Å². The molecule has 5 nitrogen and oxygen atoms in total. The Morgan fingerprint density at radius 3 is 2.22 bits per heavy atom. The van der Waals surface area contributed by atoms with Gasteiger partial charge in [0.1, 0.15) is 0 Å². The molecule has 5 heteroatoms. The van der Waals surface area contributed by atoms with Gasteiger partial charge >= 0.3 is 0 Å². The Balaban J connectivity index is 1.90. The van der Waals surface area contributed by atoms with E-state index in [1.54, 1.807) is 12.1 Å². The topological polar surface area (TPSA) is 63.5 Å². The number of piperidine rings is 2. The van der Waals surface area contributed by atoms with Gasteiger partial charge < -0.3 is 4.90 Å². The van der Waals surface area contributed by atoms with Crippen LogP contribution in [-0.4, -0.2) is 16.9 Å². The van der Waals surface area contributed by atoms with E-state index < -0.39 is 4.92 Å². The Hall–Kier alpha value is -1.91. The van der Waals surface area contributed by atoms with Crippen LogP contribution in [0, 0.1) is 16.0 Å². The van der Waals surface area contributed by atoms with Crippen LogP contribution < -0.4 is 4.90 Å². The summed E-state index contributed by atoms with van der Waals surface area (Å²) in [5.74, 6) is 0.344. The smallest absolute Gasteiger partial charge is 0.269 e. The van der Waals surface area contributed by atoms with Gasteiger partial charge in [0.25, 0.3) is 5.69 Å². The molecule has 2 saturated heterocycles. The highest BCUT2D eigenvalue weighted by molar-refractivity contribution is 5.97. The number of nitro groups is 1. The molecular weight excluding hydrogens is 232 g/mol. The molecule has 2 heterocycles. The number of nitrogens with zero attached hydrogens (tertiary/aromatic N) is 2. The SMILES string of the molecule is O=C1C2CCC(CC2)N1c1ccc([N+](=O)[O-])cc1. The van der Waals surface area contributed by atoms with Crippen molar-refractivity contribution in [3.8, 4) is 0 Å². The second kappa shape index (κ2) is 4.08. The molecule has 18 heavy (non-hydrogen) atoms. The fourth-order valence-corrected chi connectivity index (χ4v) is 3.03. The lowest BCUT2D eigenvalue weighted by atomic mass is 9.79. The van der Waals surface area contributed by atoms with Crippen molar-refractivity contribution in [2.45, 2.75) is 31.7 Å². The van der Waals surface area contributed by atoms with Crippen molar-refractivity contribution in [2.75, 3.05) is 4.90 Å². The number of hydrogen-bond acceptors (Lipinski definition) is 3. The molecule has 3 fully saturated rings. The largest absolute Gasteiger partial charge is 0.309 e. The van der Waals surface area contributed by atoms with E-state index in [9.17, 15) is 14.9 Å². The highest BCUT2D eigenvalue weighted by Crippen LogP contribution is 2.38. The molecule has 94 valence electrons. The van der Waals surface area contributed by atoms with E-state index in [-0.39, 0.29) is 23.6 Å². The van der Waals surface area contributed by atoms with Gasteiger partial charge in [-0.2, -0.15) is 0 Å². The van der Waals surface area contributed by atoms with Crippen molar-refractivity contribution in [2.24, 2.45) is 5.92 Å². The predicted octanol–water partition coefficient (Wildman–Crippen LogP) is 2.50. The molecule has 0 radical (unpaired) electrons. The van der Waals surface area contributed by atoms with Gasteiger partial charge in [-0.05, 0) is 37.8 Å². The van der Waals surface area contributed by atoms with E-state index in [4.69, 9.17) is 0 Å². The summed E-state index contributed by atoms with van der Waals surface area (Å²) in [6.07, 6.45) is 4.08. The van der Waals surface area contributed by atoms with Gasteiger partial charge in [-0.25, -0.2) is 0 Å². The molecule has 1 aromatic carbocycles. The zero-order valence-electron chi connectivity index (χ0n) is 9.91. The van der Waals surface area contributed by atoms with Crippen LogP contribution in [-0.2, 0) is 4.79 Å². The summed E-state index contributed by atoms with van der Waals surface area (Å²) in [7, 11) is 0. The molecule has 0 aromatic heterocycles. The third-order valence-corrected chi connectivity index (χ3v) is 3.99. The van der Waals surface area contributed by atoms with E-state index in [0.29, 0.717) is 0 Å². The summed E-state index contributed by atoms with van der Waals surface area (Å²) in [5.41, 5.74) is 0.855. The fraction of sp³-hybridized carbons (Fsp3) is 0.462. The third-order valence-electron chi connectivity index (χ3n) is 3.99. The van der Waals surface area contributed by atoms with Crippen molar-refractivity contribution in [3.63, 3.8) is 0 Å². The van der Waals surface area contributed by atoms with Crippen molar-refractivity contribution in [1.82, 2.24) is 0 Å². The molecule has 3 aliphatic rings. The normalized spacial score (nSPS) is 26.4. The maximum atomic E-state index is 12.2. The number of benzene rings is 1. The van der Waals surface area contributed by atoms with Crippen LogP contribution in [0.2, 0.25) is 0 Å². The van der Waals surface area contributed by atoms with E-state index in [2.05, 4.69) is 0 Å².